The molecule has 0 saturated heterocycles. The van der Waals surface area contributed by atoms with E-state index in [4.69, 9.17) is 16.3 Å². The number of carbonyl (C=O) groups is 2. The quantitative estimate of drug-likeness (QED) is 0.450. The maximum atomic E-state index is 13.3. The average molecular weight is 465 g/mol. The van der Waals surface area contributed by atoms with Gasteiger partial charge in [-0.15, -0.1) is 6.58 Å². The number of halogens is 1. The van der Waals surface area contributed by atoms with E-state index in [9.17, 15) is 18.0 Å². The lowest BCUT2D eigenvalue weighted by Crippen LogP contribution is -2.39. The number of carbonyl (C=O) groups excluding carboxylic acids is 2. The first-order valence-corrected chi connectivity index (χ1v) is 11.4. The Hall–Kier alpha value is -2.84. The monoisotopic (exact) mass is 464 g/mol. The molecule has 0 heterocycles. The van der Waals surface area contributed by atoms with Crippen molar-refractivity contribution in [3.05, 3.63) is 71.8 Å². The second kappa shape index (κ2) is 10.5. The van der Waals surface area contributed by atoms with E-state index in [-0.39, 0.29) is 23.0 Å². The Morgan fingerprint density at radius 3 is 2.39 bits per heavy atom. The number of benzene rings is 2. The van der Waals surface area contributed by atoms with Crippen LogP contribution < -0.4 is 9.62 Å². The maximum absolute atomic E-state index is 13.3. The number of hydrogen-bond acceptors (Lipinski definition) is 5. The number of hydrogen-bond donors (Lipinski definition) is 1. The number of rotatable bonds is 9. The van der Waals surface area contributed by atoms with Gasteiger partial charge in [-0.2, -0.15) is 0 Å². The lowest BCUT2D eigenvalue weighted by Gasteiger charge is -2.23. The van der Waals surface area contributed by atoms with Crippen LogP contribution in [0.3, 0.4) is 0 Å². The van der Waals surface area contributed by atoms with Gasteiger partial charge in [0, 0.05) is 11.1 Å². The first-order chi connectivity index (χ1) is 14.6. The highest BCUT2D eigenvalue weighted by atomic mass is 35.5. The van der Waals surface area contributed by atoms with Crippen LogP contribution in [0.15, 0.2) is 66.1 Å². The summed E-state index contributed by atoms with van der Waals surface area (Å²) in [6.07, 6.45) is 0.431. The van der Waals surface area contributed by atoms with Crippen molar-refractivity contribution in [3.8, 4) is 0 Å². The molecule has 0 spiro atoms. The minimum Gasteiger partial charge on any atom is -0.449 e. The predicted molar refractivity (Wildman–Crippen MR) is 121 cm³/mol. The third-order valence-electron chi connectivity index (χ3n) is 4.15. The summed E-state index contributed by atoms with van der Waals surface area (Å²) in [4.78, 5) is 24.4. The largest absolute Gasteiger partial charge is 0.449 e. The smallest absolute Gasteiger partial charge is 0.338 e. The van der Waals surface area contributed by atoms with Gasteiger partial charge in [-0.05, 0) is 63.2 Å². The summed E-state index contributed by atoms with van der Waals surface area (Å²) in [5, 5.41) is 3.12. The summed E-state index contributed by atoms with van der Waals surface area (Å²) >= 11 is 5.90. The minimum atomic E-state index is -4.01. The molecule has 7 nitrogen and oxygen atoms in total. The Bertz CT molecular complexity index is 1050. The molecule has 2 rings (SSSR count). The molecule has 0 radical (unpaired) electrons. The highest BCUT2D eigenvalue weighted by molar-refractivity contribution is 7.92. The highest BCUT2D eigenvalue weighted by Crippen LogP contribution is 2.26. The molecule has 0 bridgehead atoms. The van der Waals surface area contributed by atoms with Gasteiger partial charge < -0.3 is 10.1 Å². The molecular weight excluding hydrogens is 440 g/mol. The van der Waals surface area contributed by atoms with Crippen molar-refractivity contribution in [2.45, 2.75) is 37.8 Å². The standard InChI is InChI=1S/C22H25ClN2O5S/c1-5-13-25(19-11-9-18(23)10-12-19)31(28,29)20-8-6-7-17(14-20)22(27)30-16(4)21(26)24-15(2)3/h5-12,14-16H,1,13H2,2-4H3,(H,24,26). The molecule has 0 fully saturated rings. The summed E-state index contributed by atoms with van der Waals surface area (Å²) in [6.45, 7) is 8.66. The van der Waals surface area contributed by atoms with E-state index in [0.29, 0.717) is 10.7 Å². The molecular formula is C22H25ClN2O5S. The number of esters is 1. The number of nitrogens with zero attached hydrogens (tertiary/aromatic N) is 1. The zero-order valence-corrected chi connectivity index (χ0v) is 19.1. The lowest BCUT2D eigenvalue weighted by atomic mass is 10.2. The molecule has 0 saturated carbocycles. The third-order valence-corrected chi connectivity index (χ3v) is 6.19. The van der Waals surface area contributed by atoms with Crippen LogP contribution in [-0.2, 0) is 19.6 Å². The normalized spacial score (nSPS) is 12.2. The fraction of sp³-hybridized carbons (Fsp3) is 0.273. The predicted octanol–water partition coefficient (Wildman–Crippen LogP) is 3.79. The second-order valence-electron chi connectivity index (χ2n) is 7.04. The summed E-state index contributed by atoms with van der Waals surface area (Å²) in [5.74, 6) is -1.24. The SMILES string of the molecule is C=CCN(c1ccc(Cl)cc1)S(=O)(=O)c1cccc(C(=O)OC(C)C(=O)NC(C)C)c1. The van der Waals surface area contributed by atoms with Gasteiger partial charge in [0.15, 0.2) is 6.10 Å². The van der Waals surface area contributed by atoms with E-state index in [1.165, 1.54) is 37.3 Å². The van der Waals surface area contributed by atoms with Gasteiger partial charge in [-0.3, -0.25) is 9.10 Å². The molecule has 2 aromatic rings. The van der Waals surface area contributed by atoms with Crippen molar-refractivity contribution < 1.29 is 22.7 Å². The summed E-state index contributed by atoms with van der Waals surface area (Å²) in [5.41, 5.74) is 0.413. The summed E-state index contributed by atoms with van der Waals surface area (Å²) in [7, 11) is -4.01. The Balaban J connectivity index is 2.31. The van der Waals surface area contributed by atoms with Crippen molar-refractivity contribution in [2.75, 3.05) is 10.8 Å². The van der Waals surface area contributed by atoms with E-state index in [1.54, 1.807) is 38.1 Å². The van der Waals surface area contributed by atoms with Crippen LogP contribution in [0.5, 0.6) is 0 Å². The van der Waals surface area contributed by atoms with Gasteiger partial charge in [0.25, 0.3) is 15.9 Å². The molecule has 1 N–H and O–H groups in total. The van der Waals surface area contributed by atoms with Crippen LogP contribution in [0, 0.1) is 0 Å². The second-order valence-corrected chi connectivity index (χ2v) is 9.34. The van der Waals surface area contributed by atoms with Crippen LogP contribution in [0.4, 0.5) is 5.69 Å². The number of ether oxygens (including phenoxy) is 1. The summed E-state index contributed by atoms with van der Waals surface area (Å²) < 4.78 is 32.9. The molecule has 0 aromatic heterocycles. The van der Waals surface area contributed by atoms with Gasteiger partial charge in [0.2, 0.25) is 0 Å². The van der Waals surface area contributed by atoms with E-state index in [1.807, 2.05) is 0 Å². The molecule has 0 aliphatic rings. The topological polar surface area (TPSA) is 92.8 Å². The third kappa shape index (κ3) is 6.32. The van der Waals surface area contributed by atoms with Crippen molar-refractivity contribution in [3.63, 3.8) is 0 Å². The maximum Gasteiger partial charge on any atom is 0.338 e. The van der Waals surface area contributed by atoms with Crippen LogP contribution in [-0.4, -0.2) is 39.0 Å². The molecule has 2 aromatic carbocycles. The average Bonchev–Trinajstić information content (AvgIpc) is 2.72. The molecule has 31 heavy (non-hydrogen) atoms. The van der Waals surface area contributed by atoms with Crippen molar-refractivity contribution in [1.82, 2.24) is 5.32 Å². The van der Waals surface area contributed by atoms with Crippen LogP contribution >= 0.6 is 11.6 Å². The molecule has 9 heteroatoms. The number of nitrogens with one attached hydrogen (secondary N) is 1. The van der Waals surface area contributed by atoms with Crippen molar-refractivity contribution in [2.24, 2.45) is 0 Å². The fourth-order valence-corrected chi connectivity index (χ4v) is 4.27. The molecule has 0 aliphatic carbocycles. The number of sulfonamides is 1. The number of amides is 1. The van der Waals surface area contributed by atoms with E-state index in [2.05, 4.69) is 11.9 Å². The lowest BCUT2D eigenvalue weighted by molar-refractivity contribution is -0.129. The first-order valence-electron chi connectivity index (χ1n) is 9.57. The Morgan fingerprint density at radius 2 is 1.81 bits per heavy atom. The van der Waals surface area contributed by atoms with E-state index >= 15 is 0 Å². The van der Waals surface area contributed by atoms with Crippen LogP contribution in [0.1, 0.15) is 31.1 Å². The fourth-order valence-electron chi connectivity index (χ4n) is 2.66. The van der Waals surface area contributed by atoms with E-state index in [0.717, 1.165) is 4.31 Å². The highest BCUT2D eigenvalue weighted by Gasteiger charge is 2.26. The van der Waals surface area contributed by atoms with Gasteiger partial charge in [-0.25, -0.2) is 13.2 Å². The molecule has 1 amide bonds. The Labute approximate surface area is 187 Å². The summed E-state index contributed by atoms with van der Waals surface area (Å²) in [6, 6.07) is 11.7. The van der Waals surface area contributed by atoms with Gasteiger partial charge in [0.05, 0.1) is 22.7 Å². The minimum absolute atomic E-state index is 0.0138. The Kier molecular flexibility index (Phi) is 8.24. The zero-order chi connectivity index (χ0) is 23.2. The van der Waals surface area contributed by atoms with Crippen LogP contribution in [0.2, 0.25) is 5.02 Å². The van der Waals surface area contributed by atoms with Crippen LogP contribution in [0.25, 0.3) is 0 Å². The molecule has 166 valence electrons. The number of anilines is 1. The first kappa shape index (κ1) is 24.4. The zero-order valence-electron chi connectivity index (χ0n) is 17.5. The Morgan fingerprint density at radius 1 is 1.16 bits per heavy atom. The van der Waals surface area contributed by atoms with Crippen molar-refractivity contribution in [1.29, 1.82) is 0 Å². The molecule has 1 unspecified atom stereocenters. The van der Waals surface area contributed by atoms with Gasteiger partial charge in [0.1, 0.15) is 0 Å². The van der Waals surface area contributed by atoms with E-state index < -0.39 is 28.0 Å². The molecule has 0 aliphatic heterocycles. The van der Waals surface area contributed by atoms with Gasteiger partial charge >= 0.3 is 5.97 Å². The molecule has 1 atom stereocenters. The van der Waals surface area contributed by atoms with Gasteiger partial charge in [-0.1, -0.05) is 23.7 Å². The van der Waals surface area contributed by atoms with Crippen molar-refractivity contribution >= 4 is 39.2 Å².